The highest BCUT2D eigenvalue weighted by Crippen LogP contribution is 2.32. The largest absolute Gasteiger partial charge is 0.507 e. The predicted octanol–water partition coefficient (Wildman–Crippen LogP) is 2.39. The molecule has 0 spiro atoms. The van der Waals surface area contributed by atoms with Crippen LogP contribution in [-0.2, 0) is 5.41 Å². The molecule has 1 rings (SSSR count). The third kappa shape index (κ3) is 1.87. The zero-order valence-corrected chi connectivity index (χ0v) is 8.53. The SMILES string of the molecule is CC(C)(C)c1cccc(C(=O)O)c1O. The normalized spacial score (nSPS) is 11.4. The van der Waals surface area contributed by atoms with Crippen LogP contribution in [0.4, 0.5) is 0 Å². The van der Waals surface area contributed by atoms with Gasteiger partial charge in [-0.2, -0.15) is 0 Å². The number of carboxylic acid groups (broad SMARTS) is 1. The predicted molar refractivity (Wildman–Crippen MR) is 53.8 cm³/mol. The standard InChI is InChI=1S/C11H14O3/c1-11(2,3)8-6-4-5-7(9(8)12)10(13)14/h4-6,12H,1-3H3,(H,13,14). The van der Waals surface area contributed by atoms with Gasteiger partial charge in [-0.3, -0.25) is 0 Å². The van der Waals surface area contributed by atoms with Crippen LogP contribution in [0.1, 0.15) is 36.7 Å². The lowest BCUT2D eigenvalue weighted by molar-refractivity contribution is 0.0693. The van der Waals surface area contributed by atoms with Gasteiger partial charge in [0.2, 0.25) is 0 Å². The zero-order valence-electron chi connectivity index (χ0n) is 8.53. The number of rotatable bonds is 1. The van der Waals surface area contributed by atoms with Crippen LogP contribution in [0.25, 0.3) is 0 Å². The number of carboxylic acids is 1. The van der Waals surface area contributed by atoms with Crippen LogP contribution in [0.5, 0.6) is 5.75 Å². The van der Waals surface area contributed by atoms with Gasteiger partial charge in [0.05, 0.1) is 0 Å². The van der Waals surface area contributed by atoms with E-state index in [9.17, 15) is 9.90 Å². The molecule has 1 aromatic rings. The molecule has 0 fully saturated rings. The molecule has 0 radical (unpaired) electrons. The van der Waals surface area contributed by atoms with Gasteiger partial charge in [0, 0.05) is 5.56 Å². The molecule has 76 valence electrons. The van der Waals surface area contributed by atoms with Crippen molar-refractivity contribution < 1.29 is 15.0 Å². The summed E-state index contributed by atoms with van der Waals surface area (Å²) in [5, 5.41) is 18.5. The minimum atomic E-state index is -1.10. The minimum Gasteiger partial charge on any atom is -0.507 e. The maximum absolute atomic E-state index is 10.7. The summed E-state index contributed by atoms with van der Waals surface area (Å²) in [5.41, 5.74) is 0.352. The summed E-state index contributed by atoms with van der Waals surface area (Å²) in [7, 11) is 0. The van der Waals surface area contributed by atoms with E-state index in [0.29, 0.717) is 5.56 Å². The smallest absolute Gasteiger partial charge is 0.339 e. The molecule has 1 aromatic carbocycles. The van der Waals surface area contributed by atoms with E-state index in [1.54, 1.807) is 12.1 Å². The molecule has 0 bridgehead atoms. The second-order valence-corrected chi connectivity index (χ2v) is 4.26. The first kappa shape index (κ1) is 10.6. The molecule has 0 aliphatic carbocycles. The number of para-hydroxylation sites is 1. The van der Waals surface area contributed by atoms with Crippen LogP contribution in [0, 0.1) is 0 Å². The van der Waals surface area contributed by atoms with Crippen LogP contribution in [0.3, 0.4) is 0 Å². The lowest BCUT2D eigenvalue weighted by Gasteiger charge is -2.20. The number of phenols is 1. The molecule has 0 saturated heterocycles. The molecule has 0 unspecified atom stereocenters. The Balaban J connectivity index is 3.35. The Kier molecular flexibility index (Phi) is 2.51. The van der Waals surface area contributed by atoms with E-state index in [4.69, 9.17) is 5.11 Å². The highest BCUT2D eigenvalue weighted by molar-refractivity contribution is 5.91. The summed E-state index contributed by atoms with van der Waals surface area (Å²) in [4.78, 5) is 10.7. The molecule has 3 heteroatoms. The van der Waals surface area contributed by atoms with E-state index in [2.05, 4.69) is 0 Å². The number of aromatic carboxylic acids is 1. The number of hydrogen-bond donors (Lipinski definition) is 2. The Labute approximate surface area is 83.0 Å². The van der Waals surface area contributed by atoms with Crippen LogP contribution in [-0.4, -0.2) is 16.2 Å². The van der Waals surface area contributed by atoms with E-state index in [-0.39, 0.29) is 16.7 Å². The summed E-state index contributed by atoms with van der Waals surface area (Å²) in [5.74, 6) is -1.24. The van der Waals surface area contributed by atoms with Crippen molar-refractivity contribution in [2.75, 3.05) is 0 Å². The highest BCUT2D eigenvalue weighted by atomic mass is 16.4. The molecule has 0 heterocycles. The number of aromatic hydroxyl groups is 1. The Morgan fingerprint density at radius 1 is 1.29 bits per heavy atom. The quantitative estimate of drug-likeness (QED) is 0.721. The molecule has 0 amide bonds. The summed E-state index contributed by atoms with van der Waals surface area (Å²) < 4.78 is 0. The van der Waals surface area contributed by atoms with Crippen LogP contribution in [0.15, 0.2) is 18.2 Å². The van der Waals surface area contributed by atoms with Crippen molar-refractivity contribution in [3.8, 4) is 5.75 Å². The summed E-state index contributed by atoms with van der Waals surface area (Å²) >= 11 is 0. The Morgan fingerprint density at radius 2 is 1.86 bits per heavy atom. The van der Waals surface area contributed by atoms with Gasteiger partial charge in [-0.15, -0.1) is 0 Å². The Hall–Kier alpha value is -1.51. The van der Waals surface area contributed by atoms with Gasteiger partial charge in [-0.05, 0) is 11.5 Å². The minimum absolute atomic E-state index is 0.0441. The summed E-state index contributed by atoms with van der Waals surface area (Å²) in [6.45, 7) is 5.77. The summed E-state index contributed by atoms with van der Waals surface area (Å²) in [6, 6.07) is 4.78. The first-order valence-electron chi connectivity index (χ1n) is 4.40. The van der Waals surface area contributed by atoms with E-state index in [1.807, 2.05) is 20.8 Å². The topological polar surface area (TPSA) is 57.5 Å². The Morgan fingerprint density at radius 3 is 2.29 bits per heavy atom. The monoisotopic (exact) mass is 194 g/mol. The van der Waals surface area contributed by atoms with Crippen molar-refractivity contribution in [1.82, 2.24) is 0 Å². The molecule has 0 atom stereocenters. The third-order valence-electron chi connectivity index (χ3n) is 2.07. The Bertz CT molecular complexity index is 361. The molecule has 0 aliphatic heterocycles. The second-order valence-electron chi connectivity index (χ2n) is 4.26. The van der Waals surface area contributed by atoms with Gasteiger partial charge in [-0.1, -0.05) is 32.9 Å². The average molecular weight is 194 g/mol. The highest BCUT2D eigenvalue weighted by Gasteiger charge is 2.21. The molecule has 0 aromatic heterocycles. The third-order valence-corrected chi connectivity index (χ3v) is 2.07. The van der Waals surface area contributed by atoms with Crippen LogP contribution >= 0.6 is 0 Å². The number of hydrogen-bond acceptors (Lipinski definition) is 2. The van der Waals surface area contributed by atoms with Gasteiger partial charge in [0.15, 0.2) is 0 Å². The van der Waals surface area contributed by atoms with E-state index >= 15 is 0 Å². The van der Waals surface area contributed by atoms with Crippen molar-refractivity contribution >= 4 is 5.97 Å². The summed E-state index contributed by atoms with van der Waals surface area (Å²) in [6.07, 6.45) is 0. The van der Waals surface area contributed by atoms with Crippen LogP contribution in [0.2, 0.25) is 0 Å². The maximum Gasteiger partial charge on any atom is 0.339 e. The van der Waals surface area contributed by atoms with Crippen molar-refractivity contribution in [3.63, 3.8) is 0 Å². The first-order valence-corrected chi connectivity index (χ1v) is 4.40. The molecule has 0 saturated carbocycles. The van der Waals surface area contributed by atoms with E-state index < -0.39 is 5.97 Å². The molecule has 14 heavy (non-hydrogen) atoms. The molecular weight excluding hydrogens is 180 g/mol. The van der Waals surface area contributed by atoms with Crippen molar-refractivity contribution in [2.45, 2.75) is 26.2 Å². The fourth-order valence-corrected chi connectivity index (χ4v) is 1.32. The second kappa shape index (κ2) is 3.33. The van der Waals surface area contributed by atoms with Crippen molar-refractivity contribution in [3.05, 3.63) is 29.3 Å². The number of benzene rings is 1. The van der Waals surface area contributed by atoms with E-state index in [0.717, 1.165) is 0 Å². The molecular formula is C11H14O3. The van der Waals surface area contributed by atoms with Gasteiger partial charge in [0.25, 0.3) is 0 Å². The average Bonchev–Trinajstić information content (AvgIpc) is 2.01. The molecule has 2 N–H and O–H groups in total. The van der Waals surface area contributed by atoms with Crippen LogP contribution < -0.4 is 0 Å². The lowest BCUT2D eigenvalue weighted by atomic mass is 9.85. The first-order chi connectivity index (χ1) is 6.34. The molecule has 3 nitrogen and oxygen atoms in total. The fourth-order valence-electron chi connectivity index (χ4n) is 1.32. The van der Waals surface area contributed by atoms with Crippen molar-refractivity contribution in [2.24, 2.45) is 0 Å². The number of carbonyl (C=O) groups is 1. The van der Waals surface area contributed by atoms with Crippen molar-refractivity contribution in [1.29, 1.82) is 0 Å². The fraction of sp³-hybridized carbons (Fsp3) is 0.364. The molecule has 0 aliphatic rings. The van der Waals surface area contributed by atoms with Gasteiger partial charge in [-0.25, -0.2) is 4.79 Å². The maximum atomic E-state index is 10.7. The lowest BCUT2D eigenvalue weighted by Crippen LogP contribution is -2.12. The van der Waals surface area contributed by atoms with E-state index in [1.165, 1.54) is 6.07 Å². The van der Waals surface area contributed by atoms with Gasteiger partial charge >= 0.3 is 5.97 Å². The van der Waals surface area contributed by atoms with Gasteiger partial charge in [0.1, 0.15) is 11.3 Å². The van der Waals surface area contributed by atoms with Gasteiger partial charge < -0.3 is 10.2 Å². The zero-order chi connectivity index (χ0) is 10.9.